The topological polar surface area (TPSA) is 59.1 Å². The van der Waals surface area contributed by atoms with Crippen LogP contribution in [0.25, 0.3) is 0 Å². The summed E-state index contributed by atoms with van der Waals surface area (Å²) in [4.78, 5) is 8.39. The summed E-state index contributed by atoms with van der Waals surface area (Å²) in [5, 5.41) is 6.37. The highest BCUT2D eigenvalue weighted by Gasteiger charge is 2.11. The van der Waals surface area contributed by atoms with Crippen LogP contribution in [0.3, 0.4) is 0 Å². The Kier molecular flexibility index (Phi) is 4.79. The van der Waals surface area contributed by atoms with Crippen molar-refractivity contribution in [1.82, 2.24) is 9.97 Å². The van der Waals surface area contributed by atoms with Crippen LogP contribution >= 0.6 is 15.9 Å². The number of benzene rings is 1. The van der Waals surface area contributed by atoms with Gasteiger partial charge in [0.2, 0.25) is 0 Å². The molecule has 0 bridgehead atoms. The molecule has 20 heavy (non-hydrogen) atoms. The number of halogens is 1. The lowest BCUT2D eigenvalue weighted by molar-refractivity contribution is 0.414. The number of anilines is 2. The molecule has 2 N–H and O–H groups in total. The van der Waals surface area contributed by atoms with Crippen molar-refractivity contribution in [2.45, 2.75) is 13.0 Å². The third-order valence-corrected chi connectivity index (χ3v) is 3.75. The van der Waals surface area contributed by atoms with E-state index in [-0.39, 0.29) is 6.04 Å². The molecular formula is C14H17BrN4O. The lowest BCUT2D eigenvalue weighted by atomic mass is 10.1. The summed E-state index contributed by atoms with van der Waals surface area (Å²) in [6.07, 6.45) is 1.53. The number of nitrogens with one attached hydrogen (secondary N) is 2. The first-order valence-electron chi connectivity index (χ1n) is 6.24. The maximum Gasteiger partial charge on any atom is 0.146 e. The number of hydrogen-bond donors (Lipinski definition) is 2. The molecule has 1 atom stereocenters. The normalized spacial score (nSPS) is 11.8. The largest absolute Gasteiger partial charge is 0.497 e. The molecule has 1 aromatic heterocycles. The van der Waals surface area contributed by atoms with E-state index in [9.17, 15) is 0 Å². The molecule has 0 aliphatic heterocycles. The number of nitrogens with zero attached hydrogens (tertiary/aromatic N) is 2. The van der Waals surface area contributed by atoms with E-state index >= 15 is 0 Å². The predicted octanol–water partition coefficient (Wildman–Crippen LogP) is 3.46. The van der Waals surface area contributed by atoms with Crippen LogP contribution in [0, 0.1) is 0 Å². The van der Waals surface area contributed by atoms with Crippen LogP contribution in [0.4, 0.5) is 11.6 Å². The van der Waals surface area contributed by atoms with Gasteiger partial charge in [-0.2, -0.15) is 0 Å². The first-order chi connectivity index (χ1) is 9.65. The van der Waals surface area contributed by atoms with Gasteiger partial charge in [-0.05, 0) is 40.5 Å². The maximum absolute atomic E-state index is 5.16. The summed E-state index contributed by atoms with van der Waals surface area (Å²) in [5.41, 5.74) is 1.15. The molecule has 0 aliphatic rings. The van der Waals surface area contributed by atoms with Gasteiger partial charge < -0.3 is 15.4 Å². The van der Waals surface area contributed by atoms with Gasteiger partial charge in [-0.3, -0.25) is 0 Å². The molecule has 1 heterocycles. The fourth-order valence-corrected chi connectivity index (χ4v) is 2.34. The Hall–Kier alpha value is -1.82. The highest BCUT2D eigenvalue weighted by Crippen LogP contribution is 2.29. The van der Waals surface area contributed by atoms with Crippen molar-refractivity contribution < 1.29 is 4.74 Å². The maximum atomic E-state index is 5.16. The molecule has 2 rings (SSSR count). The SMILES string of the molecule is CNc1ncnc(NC(C)c2ccc(OC)cc2)c1Br. The van der Waals surface area contributed by atoms with Crippen LogP contribution in [-0.4, -0.2) is 24.1 Å². The summed E-state index contributed by atoms with van der Waals surface area (Å²) in [5.74, 6) is 2.36. The van der Waals surface area contributed by atoms with Crippen molar-refractivity contribution in [2.24, 2.45) is 0 Å². The molecule has 5 nitrogen and oxygen atoms in total. The molecule has 2 aromatic rings. The van der Waals surface area contributed by atoms with Crippen LogP contribution in [0.15, 0.2) is 35.1 Å². The fourth-order valence-electron chi connectivity index (χ4n) is 1.83. The Labute approximate surface area is 126 Å². The van der Waals surface area contributed by atoms with Gasteiger partial charge in [0.15, 0.2) is 0 Å². The summed E-state index contributed by atoms with van der Waals surface area (Å²) < 4.78 is 5.98. The standard InChI is InChI=1S/C14H17BrN4O/c1-9(10-4-6-11(20-3)7-5-10)19-14-12(15)13(16-2)17-8-18-14/h4-9H,1-3H3,(H2,16,17,18,19). The Morgan fingerprint density at radius 3 is 2.40 bits per heavy atom. The zero-order chi connectivity index (χ0) is 14.5. The Bertz CT molecular complexity index is 574. The van der Waals surface area contributed by atoms with Crippen LogP contribution in [0.2, 0.25) is 0 Å². The van der Waals surface area contributed by atoms with E-state index in [4.69, 9.17) is 4.74 Å². The molecule has 0 spiro atoms. The van der Waals surface area contributed by atoms with Crippen molar-refractivity contribution >= 4 is 27.6 Å². The van der Waals surface area contributed by atoms with E-state index in [0.717, 1.165) is 27.4 Å². The predicted molar refractivity (Wildman–Crippen MR) is 84.3 cm³/mol. The Morgan fingerprint density at radius 2 is 1.80 bits per heavy atom. The van der Waals surface area contributed by atoms with Gasteiger partial charge in [0, 0.05) is 13.1 Å². The molecule has 0 aliphatic carbocycles. The number of rotatable bonds is 5. The quantitative estimate of drug-likeness (QED) is 0.875. The molecule has 6 heteroatoms. The molecular weight excluding hydrogens is 320 g/mol. The van der Waals surface area contributed by atoms with E-state index in [1.54, 1.807) is 7.11 Å². The lowest BCUT2D eigenvalue weighted by Gasteiger charge is -2.17. The molecule has 1 aromatic carbocycles. The second-order valence-electron chi connectivity index (χ2n) is 4.27. The number of methoxy groups -OCH3 is 1. The Balaban J connectivity index is 2.16. The van der Waals surface area contributed by atoms with Crippen molar-refractivity contribution in [3.63, 3.8) is 0 Å². The molecule has 0 fully saturated rings. The van der Waals surface area contributed by atoms with E-state index < -0.39 is 0 Å². The van der Waals surface area contributed by atoms with Gasteiger partial charge in [0.1, 0.15) is 28.2 Å². The summed E-state index contributed by atoms with van der Waals surface area (Å²) >= 11 is 3.50. The first-order valence-corrected chi connectivity index (χ1v) is 7.03. The minimum Gasteiger partial charge on any atom is -0.497 e. The van der Waals surface area contributed by atoms with E-state index in [1.807, 2.05) is 31.3 Å². The van der Waals surface area contributed by atoms with Crippen molar-refractivity contribution in [2.75, 3.05) is 24.8 Å². The average Bonchev–Trinajstić information content (AvgIpc) is 2.49. The van der Waals surface area contributed by atoms with Gasteiger partial charge in [0.05, 0.1) is 7.11 Å². The smallest absolute Gasteiger partial charge is 0.146 e. The van der Waals surface area contributed by atoms with Gasteiger partial charge in [-0.25, -0.2) is 9.97 Å². The second kappa shape index (κ2) is 6.56. The van der Waals surface area contributed by atoms with E-state index in [2.05, 4.69) is 43.5 Å². The zero-order valence-corrected chi connectivity index (χ0v) is 13.2. The van der Waals surface area contributed by atoms with E-state index in [1.165, 1.54) is 6.33 Å². The highest BCUT2D eigenvalue weighted by atomic mass is 79.9. The molecule has 1 unspecified atom stereocenters. The van der Waals surface area contributed by atoms with E-state index in [0.29, 0.717) is 0 Å². The third-order valence-electron chi connectivity index (χ3n) is 3.00. The first kappa shape index (κ1) is 14.6. The summed E-state index contributed by atoms with van der Waals surface area (Å²) in [6.45, 7) is 2.08. The number of aromatic nitrogens is 2. The second-order valence-corrected chi connectivity index (χ2v) is 5.07. The molecule has 0 radical (unpaired) electrons. The van der Waals surface area contributed by atoms with Crippen LogP contribution in [0.5, 0.6) is 5.75 Å². The van der Waals surface area contributed by atoms with Gasteiger partial charge in [0.25, 0.3) is 0 Å². The van der Waals surface area contributed by atoms with Crippen LogP contribution in [-0.2, 0) is 0 Å². The molecule has 0 saturated heterocycles. The van der Waals surface area contributed by atoms with Gasteiger partial charge in [-0.15, -0.1) is 0 Å². The Morgan fingerprint density at radius 1 is 1.15 bits per heavy atom. The van der Waals surface area contributed by atoms with Crippen LogP contribution < -0.4 is 15.4 Å². The molecule has 0 saturated carbocycles. The minimum absolute atomic E-state index is 0.122. The van der Waals surface area contributed by atoms with Crippen molar-refractivity contribution in [3.05, 3.63) is 40.6 Å². The third kappa shape index (κ3) is 3.19. The average molecular weight is 337 g/mol. The fraction of sp³-hybridized carbons (Fsp3) is 0.286. The van der Waals surface area contributed by atoms with Gasteiger partial charge >= 0.3 is 0 Å². The van der Waals surface area contributed by atoms with Crippen molar-refractivity contribution in [3.8, 4) is 5.75 Å². The molecule has 106 valence electrons. The van der Waals surface area contributed by atoms with Crippen molar-refractivity contribution in [1.29, 1.82) is 0 Å². The van der Waals surface area contributed by atoms with Gasteiger partial charge in [-0.1, -0.05) is 12.1 Å². The summed E-state index contributed by atoms with van der Waals surface area (Å²) in [6, 6.07) is 8.08. The minimum atomic E-state index is 0.122. The zero-order valence-electron chi connectivity index (χ0n) is 11.6. The summed E-state index contributed by atoms with van der Waals surface area (Å²) in [7, 11) is 3.48. The number of hydrogen-bond acceptors (Lipinski definition) is 5. The lowest BCUT2D eigenvalue weighted by Crippen LogP contribution is -2.09. The monoisotopic (exact) mass is 336 g/mol. The van der Waals surface area contributed by atoms with Crippen LogP contribution in [0.1, 0.15) is 18.5 Å². The highest BCUT2D eigenvalue weighted by molar-refractivity contribution is 9.10. The number of ether oxygens (including phenoxy) is 1. The molecule has 0 amide bonds.